The van der Waals surface area contributed by atoms with Crippen molar-refractivity contribution in [2.45, 2.75) is 110 Å². The number of hydrogen-bond acceptors (Lipinski definition) is 6. The molecule has 0 aromatic carbocycles. The van der Waals surface area contributed by atoms with Crippen molar-refractivity contribution in [2.24, 2.45) is 5.41 Å². The Balaban J connectivity index is 1.73. The molecular formula is C24H41N7S. The molecule has 1 unspecified atom stereocenters. The van der Waals surface area contributed by atoms with Crippen LogP contribution < -0.4 is 5.32 Å². The van der Waals surface area contributed by atoms with E-state index >= 15 is 0 Å². The molecule has 7 nitrogen and oxygen atoms in total. The van der Waals surface area contributed by atoms with E-state index < -0.39 is 0 Å². The molecule has 2 fully saturated rings. The van der Waals surface area contributed by atoms with Crippen molar-refractivity contribution in [1.29, 1.82) is 0 Å². The van der Waals surface area contributed by atoms with E-state index in [9.17, 15) is 0 Å². The fourth-order valence-corrected chi connectivity index (χ4v) is 5.53. The molecule has 0 aliphatic heterocycles. The van der Waals surface area contributed by atoms with E-state index in [1.165, 1.54) is 49.9 Å². The van der Waals surface area contributed by atoms with Gasteiger partial charge in [-0.15, -0.1) is 5.10 Å². The lowest BCUT2D eigenvalue weighted by Crippen LogP contribution is -2.49. The third-order valence-electron chi connectivity index (χ3n) is 7.61. The Hall–Kier alpha value is -1.41. The molecule has 0 spiro atoms. The van der Waals surface area contributed by atoms with Crippen LogP contribution in [0.1, 0.15) is 109 Å². The molecule has 2 heterocycles. The summed E-state index contributed by atoms with van der Waals surface area (Å²) in [6, 6.07) is 2.64. The lowest BCUT2D eigenvalue weighted by molar-refractivity contribution is 0.0716. The highest BCUT2D eigenvalue weighted by atomic mass is 32.2. The Morgan fingerprint density at radius 3 is 2.59 bits per heavy atom. The zero-order valence-corrected chi connectivity index (χ0v) is 21.6. The van der Waals surface area contributed by atoms with Crippen LogP contribution in [0.4, 0.5) is 0 Å². The highest BCUT2D eigenvalue weighted by Crippen LogP contribution is 2.47. The Morgan fingerprint density at radius 1 is 1.28 bits per heavy atom. The number of nitrogens with zero attached hydrogens (tertiary/aromatic N) is 6. The summed E-state index contributed by atoms with van der Waals surface area (Å²) in [5.41, 5.74) is 2.69. The van der Waals surface area contributed by atoms with E-state index in [4.69, 9.17) is 5.10 Å². The maximum absolute atomic E-state index is 5.10. The van der Waals surface area contributed by atoms with E-state index in [0.717, 1.165) is 24.5 Å². The van der Waals surface area contributed by atoms with Crippen LogP contribution in [-0.4, -0.2) is 48.0 Å². The van der Waals surface area contributed by atoms with Gasteiger partial charge in [-0.25, -0.2) is 4.68 Å². The second-order valence-corrected chi connectivity index (χ2v) is 11.8. The van der Waals surface area contributed by atoms with Gasteiger partial charge in [0.15, 0.2) is 5.82 Å². The van der Waals surface area contributed by atoms with Gasteiger partial charge in [0.25, 0.3) is 0 Å². The largest absolute Gasteiger partial charge is 0.299 e. The van der Waals surface area contributed by atoms with Crippen molar-refractivity contribution in [3.63, 3.8) is 0 Å². The molecule has 0 saturated heterocycles. The fourth-order valence-electron chi connectivity index (χ4n) is 5.12. The smallest absolute Gasteiger partial charge is 0.174 e. The number of rotatable bonds is 11. The predicted octanol–water partition coefficient (Wildman–Crippen LogP) is 4.90. The third-order valence-corrected chi connectivity index (χ3v) is 8.30. The van der Waals surface area contributed by atoms with E-state index in [2.05, 4.69) is 72.5 Å². The first kappa shape index (κ1) is 23.7. The summed E-state index contributed by atoms with van der Waals surface area (Å²) in [6.45, 7) is 12.2. The van der Waals surface area contributed by atoms with Crippen LogP contribution in [0.25, 0.3) is 0 Å². The maximum Gasteiger partial charge on any atom is 0.174 e. The average molecular weight is 460 g/mol. The van der Waals surface area contributed by atoms with Gasteiger partial charge in [-0.3, -0.25) is 10.00 Å². The van der Waals surface area contributed by atoms with Crippen LogP contribution in [0, 0.1) is 5.41 Å². The summed E-state index contributed by atoms with van der Waals surface area (Å²) < 4.78 is 4.24. The van der Waals surface area contributed by atoms with Crippen molar-refractivity contribution in [2.75, 3.05) is 12.0 Å². The van der Waals surface area contributed by atoms with Crippen LogP contribution in [0.2, 0.25) is 0 Å². The van der Waals surface area contributed by atoms with Crippen LogP contribution in [0.5, 0.6) is 0 Å². The SMILES string of the molecule is CCC1([C@@H](C)NC(c2nnnn2CCCSC)c2cc(C3CC3)nn2C(C)(C)C)CCC1. The molecule has 2 aliphatic carbocycles. The molecule has 2 aliphatic rings. The number of aryl methyl sites for hydroxylation is 1. The predicted molar refractivity (Wildman–Crippen MR) is 131 cm³/mol. The van der Waals surface area contributed by atoms with Gasteiger partial charge in [0.1, 0.15) is 6.04 Å². The van der Waals surface area contributed by atoms with Gasteiger partial charge in [0.2, 0.25) is 0 Å². The molecule has 0 amide bonds. The topological polar surface area (TPSA) is 73.5 Å². The number of aromatic nitrogens is 6. The van der Waals surface area contributed by atoms with Crippen LogP contribution in [0.3, 0.4) is 0 Å². The first-order valence-corrected chi connectivity index (χ1v) is 13.8. The normalized spacial score (nSPS) is 20.2. The molecule has 178 valence electrons. The van der Waals surface area contributed by atoms with Gasteiger partial charge < -0.3 is 0 Å². The lowest BCUT2D eigenvalue weighted by atomic mass is 9.62. The van der Waals surface area contributed by atoms with Gasteiger partial charge in [-0.2, -0.15) is 16.9 Å². The quantitative estimate of drug-likeness (QED) is 0.482. The molecule has 32 heavy (non-hydrogen) atoms. The monoisotopic (exact) mass is 459 g/mol. The van der Waals surface area contributed by atoms with Gasteiger partial charge in [0, 0.05) is 18.5 Å². The van der Waals surface area contributed by atoms with Crippen molar-refractivity contribution >= 4 is 11.8 Å². The minimum Gasteiger partial charge on any atom is -0.299 e. The van der Waals surface area contributed by atoms with Gasteiger partial charge in [-0.05, 0) is 100 Å². The molecule has 2 aromatic heterocycles. The molecule has 2 saturated carbocycles. The molecule has 4 rings (SSSR count). The second-order valence-electron chi connectivity index (χ2n) is 10.8. The van der Waals surface area contributed by atoms with Crippen LogP contribution in [0.15, 0.2) is 6.07 Å². The van der Waals surface area contributed by atoms with E-state index in [1.54, 1.807) is 0 Å². The molecular weight excluding hydrogens is 418 g/mol. The molecule has 2 aromatic rings. The summed E-state index contributed by atoms with van der Waals surface area (Å²) in [4.78, 5) is 0. The Labute approximate surface area is 197 Å². The summed E-state index contributed by atoms with van der Waals surface area (Å²) in [5, 5.41) is 22.2. The van der Waals surface area contributed by atoms with E-state index in [-0.39, 0.29) is 11.6 Å². The third kappa shape index (κ3) is 4.76. The van der Waals surface area contributed by atoms with Crippen molar-refractivity contribution in [3.05, 3.63) is 23.3 Å². The summed E-state index contributed by atoms with van der Waals surface area (Å²) in [6.07, 6.45) is 10.9. The molecule has 1 N–H and O–H groups in total. The highest BCUT2D eigenvalue weighted by Gasteiger charge is 2.42. The number of nitrogens with one attached hydrogen (secondary N) is 1. The van der Waals surface area contributed by atoms with Crippen molar-refractivity contribution < 1.29 is 0 Å². The van der Waals surface area contributed by atoms with Crippen LogP contribution >= 0.6 is 11.8 Å². The van der Waals surface area contributed by atoms with Gasteiger partial charge in [0.05, 0.1) is 16.9 Å². The number of tetrazole rings is 1. The summed E-state index contributed by atoms with van der Waals surface area (Å²) in [7, 11) is 0. The first-order chi connectivity index (χ1) is 15.3. The van der Waals surface area contributed by atoms with Crippen LogP contribution in [-0.2, 0) is 12.1 Å². The maximum atomic E-state index is 5.10. The minimum atomic E-state index is -0.109. The molecule has 8 heteroatoms. The first-order valence-electron chi connectivity index (χ1n) is 12.4. The summed E-state index contributed by atoms with van der Waals surface area (Å²) >= 11 is 1.87. The van der Waals surface area contributed by atoms with Crippen molar-refractivity contribution in [3.8, 4) is 0 Å². The average Bonchev–Trinajstić information content (AvgIpc) is 3.28. The van der Waals surface area contributed by atoms with Gasteiger partial charge in [-0.1, -0.05) is 13.3 Å². The highest BCUT2D eigenvalue weighted by molar-refractivity contribution is 7.98. The Morgan fingerprint density at radius 2 is 2.03 bits per heavy atom. The van der Waals surface area contributed by atoms with E-state index in [1.807, 2.05) is 16.4 Å². The zero-order chi connectivity index (χ0) is 22.9. The number of hydrogen-bond donors (Lipinski definition) is 1. The fraction of sp³-hybridized carbons (Fsp3) is 0.833. The second kappa shape index (κ2) is 9.45. The Kier molecular flexibility index (Phi) is 7.01. The lowest BCUT2D eigenvalue weighted by Gasteiger charge is -2.47. The standard InChI is InChI=1S/C24H41N7S/c1-7-24(12-8-13-24)17(2)25-21(22-26-28-29-30(22)14-9-15-32-6)20-16-19(18-10-11-18)27-31(20)23(3,4)5/h16-18,21,25H,7-15H2,1-6H3/t17-,21?/m1/s1. The summed E-state index contributed by atoms with van der Waals surface area (Å²) in [5.74, 6) is 2.64. The zero-order valence-electron chi connectivity index (χ0n) is 20.8. The Bertz CT molecular complexity index is 883. The molecule has 0 radical (unpaired) electrons. The van der Waals surface area contributed by atoms with Gasteiger partial charge >= 0.3 is 0 Å². The molecule has 0 bridgehead atoms. The number of thioether (sulfide) groups is 1. The van der Waals surface area contributed by atoms with Crippen molar-refractivity contribution in [1.82, 2.24) is 35.3 Å². The van der Waals surface area contributed by atoms with E-state index in [0.29, 0.717) is 17.4 Å². The minimum absolute atomic E-state index is 0.0717. The molecule has 2 atom stereocenters.